The van der Waals surface area contributed by atoms with Crippen LogP contribution in [0.5, 0.6) is 0 Å². The van der Waals surface area contributed by atoms with Gasteiger partial charge in [-0.3, -0.25) is 0 Å². The summed E-state index contributed by atoms with van der Waals surface area (Å²) in [5.74, 6) is -1.26. The first-order valence-corrected chi connectivity index (χ1v) is 5.03. The molecule has 0 aromatic heterocycles. The van der Waals surface area contributed by atoms with Crippen molar-refractivity contribution < 1.29 is 8.78 Å². The molecule has 1 aromatic rings. The number of hydrogen-bond donors (Lipinski definition) is 2. The molecule has 1 rings (SSSR count). The van der Waals surface area contributed by atoms with Gasteiger partial charge in [-0.15, -0.1) is 0 Å². The normalized spacial score (nSPS) is 9.80. The molecule has 0 spiro atoms. The van der Waals surface area contributed by atoms with Crippen molar-refractivity contribution in [2.75, 3.05) is 11.9 Å². The lowest BCUT2D eigenvalue weighted by atomic mass is 10.3. The van der Waals surface area contributed by atoms with Crippen LogP contribution >= 0.6 is 12.2 Å². The van der Waals surface area contributed by atoms with Crippen LogP contribution in [-0.4, -0.2) is 11.7 Å². The number of anilines is 1. The molecule has 82 valence electrons. The van der Waals surface area contributed by atoms with Crippen molar-refractivity contribution in [2.24, 2.45) is 0 Å². The minimum Gasteiger partial charge on any atom is -0.362 e. The predicted octanol–water partition coefficient (Wildman–Crippen LogP) is 2.66. The number of thiocarbonyl (C=S) groups is 1. The summed E-state index contributed by atoms with van der Waals surface area (Å²) >= 11 is 4.92. The first kappa shape index (κ1) is 11.8. The maximum Gasteiger partial charge on any atom is 0.170 e. The first-order chi connectivity index (χ1) is 7.11. The largest absolute Gasteiger partial charge is 0.362 e. The smallest absolute Gasteiger partial charge is 0.170 e. The third-order valence-corrected chi connectivity index (χ3v) is 1.90. The van der Waals surface area contributed by atoms with Gasteiger partial charge < -0.3 is 10.6 Å². The lowest BCUT2D eigenvalue weighted by Gasteiger charge is -2.09. The summed E-state index contributed by atoms with van der Waals surface area (Å²) < 4.78 is 25.6. The molecule has 0 bridgehead atoms. The first-order valence-electron chi connectivity index (χ1n) is 4.62. The summed E-state index contributed by atoms with van der Waals surface area (Å²) in [6.07, 6.45) is 0.930. The van der Waals surface area contributed by atoms with Gasteiger partial charge in [0.05, 0.1) is 0 Å². The van der Waals surface area contributed by atoms with E-state index in [2.05, 4.69) is 10.6 Å². The van der Waals surface area contributed by atoms with Crippen LogP contribution in [0.2, 0.25) is 0 Å². The SMILES string of the molecule is CCCNC(=S)Nc1cc(F)cc(F)c1. The van der Waals surface area contributed by atoms with E-state index >= 15 is 0 Å². The van der Waals surface area contributed by atoms with Crippen molar-refractivity contribution in [1.29, 1.82) is 0 Å². The maximum atomic E-state index is 12.8. The van der Waals surface area contributed by atoms with E-state index in [1.165, 1.54) is 12.1 Å². The summed E-state index contributed by atoms with van der Waals surface area (Å²) in [5, 5.41) is 5.96. The highest BCUT2D eigenvalue weighted by atomic mass is 32.1. The van der Waals surface area contributed by atoms with Crippen LogP contribution in [0.1, 0.15) is 13.3 Å². The van der Waals surface area contributed by atoms with E-state index in [-0.39, 0.29) is 0 Å². The van der Waals surface area contributed by atoms with E-state index in [1.54, 1.807) is 0 Å². The summed E-state index contributed by atoms with van der Waals surface area (Å²) in [6, 6.07) is 3.18. The highest BCUT2D eigenvalue weighted by Crippen LogP contribution is 2.12. The van der Waals surface area contributed by atoms with Crippen molar-refractivity contribution in [3.05, 3.63) is 29.8 Å². The van der Waals surface area contributed by atoms with Crippen LogP contribution in [0.4, 0.5) is 14.5 Å². The molecule has 0 saturated carbocycles. The average molecular weight is 230 g/mol. The minimum absolute atomic E-state index is 0.307. The highest BCUT2D eigenvalue weighted by molar-refractivity contribution is 7.80. The zero-order chi connectivity index (χ0) is 11.3. The third kappa shape index (κ3) is 4.20. The Balaban J connectivity index is 2.60. The van der Waals surface area contributed by atoms with Crippen LogP contribution in [0, 0.1) is 11.6 Å². The van der Waals surface area contributed by atoms with Gasteiger partial charge in [0.2, 0.25) is 0 Å². The Morgan fingerprint density at radius 2 is 1.87 bits per heavy atom. The van der Waals surface area contributed by atoms with Gasteiger partial charge in [-0.25, -0.2) is 8.78 Å². The van der Waals surface area contributed by atoms with E-state index in [4.69, 9.17) is 12.2 Å². The van der Waals surface area contributed by atoms with E-state index in [1.807, 2.05) is 6.92 Å². The standard InChI is InChI=1S/C10H12F2N2S/c1-2-3-13-10(15)14-9-5-7(11)4-8(12)6-9/h4-6H,2-3H2,1H3,(H2,13,14,15). The van der Waals surface area contributed by atoms with Gasteiger partial charge in [-0.05, 0) is 30.8 Å². The number of halogens is 2. The summed E-state index contributed by atoms with van der Waals surface area (Å²) in [4.78, 5) is 0. The van der Waals surface area contributed by atoms with Crippen molar-refractivity contribution >= 4 is 23.0 Å². The highest BCUT2D eigenvalue weighted by Gasteiger charge is 2.01. The minimum atomic E-state index is -0.629. The monoisotopic (exact) mass is 230 g/mol. The average Bonchev–Trinajstić information content (AvgIpc) is 2.13. The van der Waals surface area contributed by atoms with Crippen LogP contribution in [0.25, 0.3) is 0 Å². The number of hydrogen-bond acceptors (Lipinski definition) is 1. The van der Waals surface area contributed by atoms with Crippen molar-refractivity contribution in [3.8, 4) is 0 Å². The van der Waals surface area contributed by atoms with E-state index in [9.17, 15) is 8.78 Å². The third-order valence-electron chi connectivity index (χ3n) is 1.66. The van der Waals surface area contributed by atoms with E-state index in [0.29, 0.717) is 10.8 Å². The van der Waals surface area contributed by atoms with Gasteiger partial charge in [0.25, 0.3) is 0 Å². The fourth-order valence-electron chi connectivity index (χ4n) is 1.04. The van der Waals surface area contributed by atoms with Crippen LogP contribution in [0.3, 0.4) is 0 Å². The zero-order valence-corrected chi connectivity index (χ0v) is 9.13. The molecule has 0 aliphatic heterocycles. The second-order valence-corrected chi connectivity index (χ2v) is 3.45. The van der Waals surface area contributed by atoms with Gasteiger partial charge in [0.15, 0.2) is 5.11 Å². The molecule has 0 amide bonds. The van der Waals surface area contributed by atoms with Gasteiger partial charge in [0.1, 0.15) is 11.6 Å². The molecule has 2 N–H and O–H groups in total. The molecular weight excluding hydrogens is 218 g/mol. The fraction of sp³-hybridized carbons (Fsp3) is 0.300. The molecule has 2 nitrogen and oxygen atoms in total. The molecule has 0 heterocycles. The summed E-state index contributed by atoms with van der Waals surface area (Å²) in [5.41, 5.74) is 0.307. The van der Waals surface area contributed by atoms with Gasteiger partial charge in [-0.1, -0.05) is 6.92 Å². The van der Waals surface area contributed by atoms with Crippen molar-refractivity contribution in [3.63, 3.8) is 0 Å². The molecule has 5 heteroatoms. The van der Waals surface area contributed by atoms with Gasteiger partial charge in [-0.2, -0.15) is 0 Å². The molecule has 0 saturated heterocycles. The quantitative estimate of drug-likeness (QED) is 0.781. The molecule has 1 aromatic carbocycles. The Hall–Kier alpha value is -1.23. The van der Waals surface area contributed by atoms with Crippen LogP contribution in [-0.2, 0) is 0 Å². The second-order valence-electron chi connectivity index (χ2n) is 3.04. The Labute approximate surface area is 92.7 Å². The molecule has 0 aliphatic rings. The number of nitrogens with one attached hydrogen (secondary N) is 2. The van der Waals surface area contributed by atoms with Crippen molar-refractivity contribution in [2.45, 2.75) is 13.3 Å². The zero-order valence-electron chi connectivity index (χ0n) is 8.31. The summed E-state index contributed by atoms with van der Waals surface area (Å²) in [6.45, 7) is 2.72. The van der Waals surface area contributed by atoms with Crippen LogP contribution < -0.4 is 10.6 Å². The number of benzene rings is 1. The Bertz CT molecular complexity index is 335. The number of rotatable bonds is 3. The molecular formula is C10H12F2N2S. The van der Waals surface area contributed by atoms with Gasteiger partial charge >= 0.3 is 0 Å². The molecule has 15 heavy (non-hydrogen) atoms. The fourth-order valence-corrected chi connectivity index (χ4v) is 1.26. The molecule has 0 fully saturated rings. The summed E-state index contributed by atoms with van der Waals surface area (Å²) in [7, 11) is 0. The predicted molar refractivity (Wildman–Crippen MR) is 60.9 cm³/mol. The Kier molecular flexibility index (Phi) is 4.42. The molecule has 0 aliphatic carbocycles. The van der Waals surface area contributed by atoms with E-state index in [0.717, 1.165) is 19.0 Å². The van der Waals surface area contributed by atoms with Crippen LogP contribution in [0.15, 0.2) is 18.2 Å². The van der Waals surface area contributed by atoms with E-state index < -0.39 is 11.6 Å². The lowest BCUT2D eigenvalue weighted by Crippen LogP contribution is -2.28. The lowest BCUT2D eigenvalue weighted by molar-refractivity contribution is 0.584. The van der Waals surface area contributed by atoms with Gasteiger partial charge in [0, 0.05) is 18.3 Å². The van der Waals surface area contributed by atoms with Crippen molar-refractivity contribution in [1.82, 2.24) is 5.32 Å². The second kappa shape index (κ2) is 5.60. The molecule has 0 unspecified atom stereocenters. The Morgan fingerprint density at radius 1 is 1.27 bits per heavy atom. The maximum absolute atomic E-state index is 12.8. The Morgan fingerprint density at radius 3 is 2.40 bits per heavy atom. The molecule has 0 radical (unpaired) electrons. The molecule has 0 atom stereocenters. The topological polar surface area (TPSA) is 24.1 Å².